The van der Waals surface area contributed by atoms with E-state index in [2.05, 4.69) is 29.0 Å². The lowest BCUT2D eigenvalue weighted by Gasteiger charge is -2.29. The average Bonchev–Trinajstić information content (AvgIpc) is 2.59. The van der Waals surface area contributed by atoms with Crippen LogP contribution in [0.4, 0.5) is 0 Å². The van der Waals surface area contributed by atoms with E-state index in [9.17, 15) is 0 Å². The normalized spacial score (nSPS) is 13.4. The van der Waals surface area contributed by atoms with Crippen LogP contribution in [0.5, 0.6) is 0 Å². The summed E-state index contributed by atoms with van der Waals surface area (Å²) in [4.78, 5) is 6.52. The van der Waals surface area contributed by atoms with Crippen LogP contribution in [-0.4, -0.2) is 41.1 Å². The SMILES string of the molecule is CCN(CC)C(CNC)c1c(Cl)ncn1C. The smallest absolute Gasteiger partial charge is 0.151 e. The lowest BCUT2D eigenvalue weighted by atomic mass is 10.1. The predicted octanol–water partition coefficient (Wildman–Crippen LogP) is 1.68. The maximum atomic E-state index is 6.15. The van der Waals surface area contributed by atoms with E-state index in [-0.39, 0.29) is 6.04 Å². The molecule has 0 amide bonds. The summed E-state index contributed by atoms with van der Waals surface area (Å²) >= 11 is 6.15. The lowest BCUT2D eigenvalue weighted by molar-refractivity contribution is 0.209. The Kier molecular flexibility index (Phi) is 5.25. The first-order chi connectivity index (χ1) is 7.65. The number of aryl methyl sites for hydroxylation is 1. The first-order valence-corrected chi connectivity index (χ1v) is 6.08. The van der Waals surface area contributed by atoms with Gasteiger partial charge in [-0.15, -0.1) is 0 Å². The van der Waals surface area contributed by atoms with E-state index in [1.54, 1.807) is 6.33 Å². The summed E-state index contributed by atoms with van der Waals surface area (Å²) in [6.45, 7) is 7.21. The summed E-state index contributed by atoms with van der Waals surface area (Å²) in [7, 11) is 3.95. The summed E-state index contributed by atoms with van der Waals surface area (Å²) in [5.41, 5.74) is 1.08. The fraction of sp³-hybridized carbons (Fsp3) is 0.727. The third-order valence-electron chi connectivity index (χ3n) is 2.90. The molecule has 1 N–H and O–H groups in total. The van der Waals surface area contributed by atoms with Gasteiger partial charge in [0.15, 0.2) is 5.15 Å². The third-order valence-corrected chi connectivity index (χ3v) is 3.19. The van der Waals surface area contributed by atoms with Crippen molar-refractivity contribution in [2.75, 3.05) is 26.7 Å². The minimum absolute atomic E-state index is 0.278. The van der Waals surface area contributed by atoms with Crippen LogP contribution in [0.2, 0.25) is 5.15 Å². The highest BCUT2D eigenvalue weighted by Crippen LogP contribution is 2.25. The van der Waals surface area contributed by atoms with Crippen LogP contribution in [0.25, 0.3) is 0 Å². The Labute approximate surface area is 103 Å². The Hall–Kier alpha value is -0.580. The van der Waals surface area contributed by atoms with Crippen molar-refractivity contribution in [2.45, 2.75) is 19.9 Å². The summed E-state index contributed by atoms with van der Waals surface area (Å²) in [6, 6.07) is 0.278. The van der Waals surface area contributed by atoms with Crippen molar-refractivity contribution in [1.82, 2.24) is 19.8 Å². The van der Waals surface area contributed by atoms with Crippen LogP contribution in [0, 0.1) is 0 Å². The highest BCUT2D eigenvalue weighted by Gasteiger charge is 2.23. The van der Waals surface area contributed by atoms with Gasteiger partial charge >= 0.3 is 0 Å². The Morgan fingerprint density at radius 1 is 1.50 bits per heavy atom. The molecule has 0 aliphatic heterocycles. The average molecular weight is 245 g/mol. The minimum atomic E-state index is 0.278. The minimum Gasteiger partial charge on any atom is -0.335 e. The van der Waals surface area contributed by atoms with E-state index in [4.69, 9.17) is 11.6 Å². The van der Waals surface area contributed by atoms with Crippen LogP contribution in [0.1, 0.15) is 25.6 Å². The molecule has 16 heavy (non-hydrogen) atoms. The van der Waals surface area contributed by atoms with Crippen molar-refractivity contribution in [3.05, 3.63) is 17.2 Å². The summed E-state index contributed by atoms with van der Waals surface area (Å²) in [6.07, 6.45) is 1.77. The van der Waals surface area contributed by atoms with Crippen molar-refractivity contribution in [2.24, 2.45) is 7.05 Å². The van der Waals surface area contributed by atoms with Crippen LogP contribution in [-0.2, 0) is 7.05 Å². The molecule has 1 aromatic heterocycles. The van der Waals surface area contributed by atoms with Crippen molar-refractivity contribution in [3.63, 3.8) is 0 Å². The maximum absolute atomic E-state index is 6.15. The number of rotatable bonds is 6. The van der Waals surface area contributed by atoms with Crippen LogP contribution in [0.3, 0.4) is 0 Å². The molecule has 1 aromatic rings. The van der Waals surface area contributed by atoms with Gasteiger partial charge in [-0.05, 0) is 20.1 Å². The van der Waals surface area contributed by atoms with Gasteiger partial charge in [0.2, 0.25) is 0 Å². The molecule has 92 valence electrons. The Morgan fingerprint density at radius 2 is 2.12 bits per heavy atom. The van der Waals surface area contributed by atoms with Gasteiger partial charge in [0.25, 0.3) is 0 Å². The Morgan fingerprint density at radius 3 is 2.50 bits per heavy atom. The Bertz CT molecular complexity index is 300. The molecule has 1 atom stereocenters. The second-order valence-corrected chi connectivity index (χ2v) is 4.18. The van der Waals surface area contributed by atoms with E-state index in [0.29, 0.717) is 5.15 Å². The largest absolute Gasteiger partial charge is 0.335 e. The Balaban J connectivity index is 3.01. The summed E-state index contributed by atoms with van der Waals surface area (Å²) in [5, 5.41) is 3.82. The first-order valence-electron chi connectivity index (χ1n) is 5.71. The fourth-order valence-corrected chi connectivity index (χ4v) is 2.34. The quantitative estimate of drug-likeness (QED) is 0.827. The number of aromatic nitrogens is 2. The molecule has 5 heteroatoms. The zero-order valence-corrected chi connectivity index (χ0v) is 11.3. The number of halogens is 1. The van der Waals surface area contributed by atoms with Crippen molar-refractivity contribution < 1.29 is 0 Å². The molecule has 4 nitrogen and oxygen atoms in total. The van der Waals surface area contributed by atoms with Crippen LogP contribution < -0.4 is 5.32 Å². The fourth-order valence-electron chi connectivity index (χ4n) is 2.04. The van der Waals surface area contributed by atoms with Crippen molar-refractivity contribution in [1.29, 1.82) is 0 Å². The number of nitrogens with zero attached hydrogens (tertiary/aromatic N) is 3. The standard InChI is InChI=1S/C11H21ClN4/c1-5-16(6-2)9(7-13-3)10-11(12)14-8-15(10)4/h8-9,13H,5-7H2,1-4H3. The highest BCUT2D eigenvalue weighted by atomic mass is 35.5. The van der Waals surface area contributed by atoms with Crippen LogP contribution >= 0.6 is 11.6 Å². The van der Waals surface area contributed by atoms with Gasteiger partial charge < -0.3 is 9.88 Å². The second kappa shape index (κ2) is 6.23. The van der Waals surface area contributed by atoms with Gasteiger partial charge in [-0.25, -0.2) is 4.98 Å². The first kappa shape index (κ1) is 13.5. The van der Waals surface area contributed by atoms with Crippen molar-refractivity contribution >= 4 is 11.6 Å². The monoisotopic (exact) mass is 244 g/mol. The zero-order valence-electron chi connectivity index (χ0n) is 10.5. The molecular formula is C11H21ClN4. The molecule has 0 aliphatic rings. The van der Waals surface area contributed by atoms with Gasteiger partial charge in [0.05, 0.1) is 18.1 Å². The van der Waals surface area contributed by atoms with Gasteiger partial charge in [-0.3, -0.25) is 4.90 Å². The molecule has 0 aliphatic carbocycles. The third kappa shape index (κ3) is 2.75. The number of hydrogen-bond donors (Lipinski definition) is 1. The lowest BCUT2D eigenvalue weighted by Crippen LogP contribution is -2.36. The maximum Gasteiger partial charge on any atom is 0.151 e. The zero-order chi connectivity index (χ0) is 12.1. The number of imidazole rings is 1. The van der Waals surface area contributed by atoms with Crippen molar-refractivity contribution in [3.8, 4) is 0 Å². The topological polar surface area (TPSA) is 33.1 Å². The predicted molar refractivity (Wildman–Crippen MR) is 67.8 cm³/mol. The molecule has 0 spiro atoms. The molecule has 1 heterocycles. The molecule has 0 bridgehead atoms. The van der Waals surface area contributed by atoms with E-state index >= 15 is 0 Å². The second-order valence-electron chi connectivity index (χ2n) is 3.83. The molecule has 1 rings (SSSR count). The summed E-state index contributed by atoms with van der Waals surface area (Å²) < 4.78 is 2.00. The molecule has 0 aromatic carbocycles. The number of nitrogens with one attached hydrogen (secondary N) is 1. The van der Waals surface area contributed by atoms with Gasteiger partial charge in [-0.1, -0.05) is 25.4 Å². The summed E-state index contributed by atoms with van der Waals surface area (Å²) in [5.74, 6) is 0. The van der Waals surface area contributed by atoms with E-state index in [1.165, 1.54) is 0 Å². The van der Waals surface area contributed by atoms with Gasteiger partial charge in [0, 0.05) is 13.6 Å². The molecule has 0 saturated heterocycles. The highest BCUT2D eigenvalue weighted by molar-refractivity contribution is 6.30. The number of likely N-dealkylation sites (N-methyl/N-ethyl adjacent to an activating group) is 2. The molecule has 1 unspecified atom stereocenters. The van der Waals surface area contributed by atoms with Gasteiger partial charge in [0.1, 0.15) is 0 Å². The molecule has 0 fully saturated rings. The van der Waals surface area contributed by atoms with E-state index < -0.39 is 0 Å². The molecule has 0 saturated carbocycles. The van der Waals surface area contributed by atoms with Crippen LogP contribution in [0.15, 0.2) is 6.33 Å². The van der Waals surface area contributed by atoms with Gasteiger partial charge in [-0.2, -0.15) is 0 Å². The van der Waals surface area contributed by atoms with E-state index in [1.807, 2.05) is 18.7 Å². The van der Waals surface area contributed by atoms with E-state index in [0.717, 1.165) is 25.3 Å². The number of hydrogen-bond acceptors (Lipinski definition) is 3. The molecular weight excluding hydrogens is 224 g/mol. The molecule has 0 radical (unpaired) electrons.